The number of hydrogen-bond donors (Lipinski definition) is 1. The molecule has 0 bridgehead atoms. The Labute approximate surface area is 153 Å². The molecule has 0 unspecified atom stereocenters. The summed E-state index contributed by atoms with van der Waals surface area (Å²) in [6.07, 6.45) is 4.35. The number of halogens is 1. The van der Waals surface area contributed by atoms with Gasteiger partial charge >= 0.3 is 0 Å². The second kappa shape index (κ2) is 8.09. The second-order valence-corrected chi connectivity index (χ2v) is 7.02. The average molecular weight is 374 g/mol. The van der Waals surface area contributed by atoms with Gasteiger partial charge in [-0.1, -0.05) is 29.8 Å². The molecule has 25 heavy (non-hydrogen) atoms. The maximum absolute atomic E-state index is 12.0. The first-order chi connectivity index (χ1) is 12.1. The molecule has 0 spiro atoms. The molecule has 1 amide bonds. The number of thiazole rings is 1. The van der Waals surface area contributed by atoms with Gasteiger partial charge in [-0.15, -0.1) is 11.3 Å². The zero-order chi connectivity index (χ0) is 17.6. The van der Waals surface area contributed by atoms with Gasteiger partial charge in [-0.25, -0.2) is 4.98 Å². The highest BCUT2D eigenvalue weighted by Crippen LogP contribution is 2.22. The highest BCUT2D eigenvalue weighted by molar-refractivity contribution is 7.15. The maximum Gasteiger partial charge on any atom is 0.250 e. The lowest BCUT2D eigenvalue weighted by molar-refractivity contribution is -0.116. The van der Waals surface area contributed by atoms with Gasteiger partial charge < -0.3 is 9.88 Å². The Hall–Kier alpha value is -2.44. The number of anilines is 1. The summed E-state index contributed by atoms with van der Waals surface area (Å²) in [4.78, 5) is 28.9. The summed E-state index contributed by atoms with van der Waals surface area (Å²) in [7, 11) is 0. The molecule has 0 aliphatic rings. The number of amides is 1. The van der Waals surface area contributed by atoms with Gasteiger partial charge in [0.1, 0.15) is 0 Å². The smallest absolute Gasteiger partial charge is 0.250 e. The minimum absolute atomic E-state index is 0.117. The van der Waals surface area contributed by atoms with Crippen LogP contribution in [-0.2, 0) is 17.8 Å². The third-order valence-corrected chi connectivity index (χ3v) is 4.69. The van der Waals surface area contributed by atoms with Crippen molar-refractivity contribution in [2.75, 3.05) is 5.32 Å². The molecule has 0 atom stereocenters. The van der Waals surface area contributed by atoms with Crippen molar-refractivity contribution in [3.8, 4) is 0 Å². The van der Waals surface area contributed by atoms with Crippen molar-refractivity contribution in [3.63, 3.8) is 0 Å². The molecule has 0 aliphatic heterocycles. The average Bonchev–Trinajstić information content (AvgIpc) is 3.01. The lowest BCUT2D eigenvalue weighted by atomic mass is 10.1. The van der Waals surface area contributed by atoms with E-state index in [9.17, 15) is 9.59 Å². The van der Waals surface area contributed by atoms with E-state index in [1.54, 1.807) is 24.5 Å². The van der Waals surface area contributed by atoms with Gasteiger partial charge in [-0.2, -0.15) is 0 Å². The SMILES string of the molecule is O=C(CCn1ccccc1=O)Nc1ncc(Cc2cccc(Cl)c2)s1. The van der Waals surface area contributed by atoms with E-state index in [1.807, 2.05) is 24.3 Å². The van der Waals surface area contributed by atoms with Crippen LogP contribution in [0.25, 0.3) is 0 Å². The summed E-state index contributed by atoms with van der Waals surface area (Å²) in [6.45, 7) is 0.340. The fraction of sp³-hybridized carbons (Fsp3) is 0.167. The highest BCUT2D eigenvalue weighted by atomic mass is 35.5. The molecule has 0 saturated heterocycles. The van der Waals surface area contributed by atoms with E-state index in [0.29, 0.717) is 23.1 Å². The second-order valence-electron chi connectivity index (χ2n) is 5.47. The number of rotatable bonds is 6. The topological polar surface area (TPSA) is 64.0 Å². The van der Waals surface area contributed by atoms with Gasteiger partial charge in [-0.05, 0) is 23.8 Å². The van der Waals surface area contributed by atoms with E-state index in [-0.39, 0.29) is 17.9 Å². The van der Waals surface area contributed by atoms with Gasteiger partial charge in [0.05, 0.1) is 0 Å². The number of carbonyl (C=O) groups is 1. The number of benzene rings is 1. The molecule has 1 N–H and O–H groups in total. The van der Waals surface area contributed by atoms with Crippen molar-refractivity contribution in [1.29, 1.82) is 0 Å². The monoisotopic (exact) mass is 373 g/mol. The van der Waals surface area contributed by atoms with Gasteiger partial charge in [0.25, 0.3) is 5.56 Å². The van der Waals surface area contributed by atoms with Crippen LogP contribution in [-0.4, -0.2) is 15.5 Å². The summed E-state index contributed by atoms with van der Waals surface area (Å²) < 4.78 is 1.51. The minimum Gasteiger partial charge on any atom is -0.315 e. The molecule has 2 aromatic heterocycles. The molecule has 0 aliphatic carbocycles. The Kier molecular flexibility index (Phi) is 5.63. The summed E-state index contributed by atoms with van der Waals surface area (Å²) in [5.74, 6) is -0.167. The Morgan fingerprint density at radius 1 is 1.24 bits per heavy atom. The van der Waals surface area contributed by atoms with E-state index in [0.717, 1.165) is 10.4 Å². The molecule has 0 saturated carbocycles. The van der Waals surface area contributed by atoms with Crippen LogP contribution < -0.4 is 10.9 Å². The molecule has 128 valence electrons. The lowest BCUT2D eigenvalue weighted by Crippen LogP contribution is -2.21. The standard InChI is InChI=1S/C18H16ClN3O2S/c19-14-5-3-4-13(10-14)11-15-12-20-18(25-15)21-16(23)7-9-22-8-2-1-6-17(22)24/h1-6,8,10,12H,7,9,11H2,(H,20,21,23). The quantitative estimate of drug-likeness (QED) is 0.718. The molecule has 1 aromatic carbocycles. The Bertz CT molecular complexity index is 936. The molecule has 0 radical (unpaired) electrons. The molecule has 3 rings (SSSR count). The summed E-state index contributed by atoms with van der Waals surface area (Å²) in [5, 5.41) is 4.03. The van der Waals surface area contributed by atoms with Crippen LogP contribution >= 0.6 is 22.9 Å². The minimum atomic E-state index is -0.167. The lowest BCUT2D eigenvalue weighted by Gasteiger charge is -2.04. The van der Waals surface area contributed by atoms with E-state index in [2.05, 4.69) is 10.3 Å². The van der Waals surface area contributed by atoms with Gasteiger partial charge in [0.2, 0.25) is 5.91 Å². The van der Waals surface area contributed by atoms with Crippen molar-refractivity contribution in [3.05, 3.63) is 80.7 Å². The van der Waals surface area contributed by atoms with Gasteiger partial charge in [0.15, 0.2) is 5.13 Å². The number of pyridine rings is 1. The maximum atomic E-state index is 12.0. The van der Waals surface area contributed by atoms with Crippen molar-refractivity contribution in [2.45, 2.75) is 19.4 Å². The van der Waals surface area contributed by atoms with Crippen molar-refractivity contribution in [2.24, 2.45) is 0 Å². The van der Waals surface area contributed by atoms with Gasteiger partial charge in [0, 0.05) is 47.7 Å². The van der Waals surface area contributed by atoms with Crippen LogP contribution in [0.4, 0.5) is 5.13 Å². The fourth-order valence-electron chi connectivity index (χ4n) is 2.34. The van der Waals surface area contributed by atoms with Gasteiger partial charge in [-0.3, -0.25) is 9.59 Å². The highest BCUT2D eigenvalue weighted by Gasteiger charge is 2.08. The normalized spacial score (nSPS) is 10.6. The number of hydrogen-bond acceptors (Lipinski definition) is 4. The summed E-state index contributed by atoms with van der Waals surface area (Å²) in [6, 6.07) is 12.6. The fourth-order valence-corrected chi connectivity index (χ4v) is 3.42. The van der Waals surface area contributed by atoms with Crippen molar-refractivity contribution < 1.29 is 4.79 Å². The Morgan fingerprint density at radius 3 is 2.92 bits per heavy atom. The van der Waals surface area contributed by atoms with E-state index in [4.69, 9.17) is 11.6 Å². The van der Waals surface area contributed by atoms with Crippen LogP contribution in [0, 0.1) is 0 Å². The Balaban J connectivity index is 1.55. The number of carbonyl (C=O) groups excluding carboxylic acids is 1. The molecule has 7 heteroatoms. The summed E-state index contributed by atoms with van der Waals surface area (Å²) >= 11 is 7.42. The first-order valence-corrected chi connectivity index (χ1v) is 8.94. The molecule has 3 aromatic rings. The summed E-state index contributed by atoms with van der Waals surface area (Å²) in [5.41, 5.74) is 0.978. The van der Waals surface area contributed by atoms with Crippen molar-refractivity contribution >= 4 is 34.0 Å². The van der Waals surface area contributed by atoms with Crippen LogP contribution in [0.15, 0.2) is 59.7 Å². The van der Waals surface area contributed by atoms with Crippen LogP contribution in [0.1, 0.15) is 16.9 Å². The third-order valence-electron chi connectivity index (χ3n) is 3.55. The largest absolute Gasteiger partial charge is 0.315 e. The molecule has 0 fully saturated rings. The van der Waals surface area contributed by atoms with E-state index in [1.165, 1.54) is 22.0 Å². The van der Waals surface area contributed by atoms with Crippen LogP contribution in [0.2, 0.25) is 5.02 Å². The van der Waals surface area contributed by atoms with Crippen LogP contribution in [0.3, 0.4) is 0 Å². The van der Waals surface area contributed by atoms with E-state index >= 15 is 0 Å². The molecular formula is C18H16ClN3O2S. The van der Waals surface area contributed by atoms with Crippen LogP contribution in [0.5, 0.6) is 0 Å². The molecule has 5 nitrogen and oxygen atoms in total. The van der Waals surface area contributed by atoms with E-state index < -0.39 is 0 Å². The van der Waals surface area contributed by atoms with Crippen molar-refractivity contribution in [1.82, 2.24) is 9.55 Å². The molecule has 2 heterocycles. The zero-order valence-corrected chi connectivity index (χ0v) is 14.9. The number of nitrogens with zero attached hydrogens (tertiary/aromatic N) is 2. The molecular weight excluding hydrogens is 358 g/mol. The first-order valence-electron chi connectivity index (χ1n) is 7.74. The third kappa shape index (κ3) is 5.01. The number of aromatic nitrogens is 2. The number of nitrogens with one attached hydrogen (secondary N) is 1. The predicted octanol–water partition coefficient (Wildman–Crippen LogP) is 3.58. The predicted molar refractivity (Wildman–Crippen MR) is 100 cm³/mol. The first kappa shape index (κ1) is 17.4. The zero-order valence-electron chi connectivity index (χ0n) is 13.3. The Morgan fingerprint density at radius 2 is 2.12 bits per heavy atom. The number of aryl methyl sites for hydroxylation is 1.